The van der Waals surface area contributed by atoms with Crippen LogP contribution in [-0.4, -0.2) is 40.8 Å². The van der Waals surface area contributed by atoms with Gasteiger partial charge in [0.25, 0.3) is 0 Å². The Morgan fingerprint density at radius 1 is 1.40 bits per heavy atom. The standard InChI is InChI=1S/C13H19N3O4/c1-4-20-13(2,3)8-15-12(19)16-10-5-9(11(17)18)6-14-7-10/h5-7H,4,8H2,1-3H3,(H,17,18)(H2,15,16,19). The third-order valence-electron chi connectivity index (χ3n) is 2.45. The molecule has 1 heterocycles. The Hall–Kier alpha value is -2.15. The number of carboxylic acid groups (broad SMARTS) is 1. The normalized spacial score (nSPS) is 10.9. The van der Waals surface area contributed by atoms with Crippen molar-refractivity contribution in [3.05, 3.63) is 24.0 Å². The Balaban J connectivity index is 2.54. The second-order valence-electron chi connectivity index (χ2n) is 4.77. The fourth-order valence-corrected chi connectivity index (χ4v) is 1.54. The number of amides is 2. The zero-order valence-corrected chi connectivity index (χ0v) is 11.8. The highest BCUT2D eigenvalue weighted by atomic mass is 16.5. The molecule has 0 aromatic carbocycles. The van der Waals surface area contributed by atoms with Gasteiger partial charge in [-0.1, -0.05) is 0 Å². The lowest BCUT2D eigenvalue weighted by molar-refractivity contribution is -0.00663. The van der Waals surface area contributed by atoms with Crippen LogP contribution in [0.1, 0.15) is 31.1 Å². The molecule has 0 atom stereocenters. The van der Waals surface area contributed by atoms with E-state index >= 15 is 0 Å². The summed E-state index contributed by atoms with van der Waals surface area (Å²) in [5.41, 5.74) is -0.137. The van der Waals surface area contributed by atoms with Crippen LogP contribution in [-0.2, 0) is 4.74 Å². The molecule has 2 amide bonds. The van der Waals surface area contributed by atoms with Crippen molar-refractivity contribution in [2.45, 2.75) is 26.4 Å². The van der Waals surface area contributed by atoms with Gasteiger partial charge in [-0.05, 0) is 26.8 Å². The van der Waals surface area contributed by atoms with Gasteiger partial charge in [0.2, 0.25) is 0 Å². The number of carboxylic acids is 1. The van der Waals surface area contributed by atoms with Gasteiger partial charge in [-0.25, -0.2) is 9.59 Å². The first-order chi connectivity index (χ1) is 9.34. The van der Waals surface area contributed by atoms with Crippen molar-refractivity contribution >= 4 is 17.7 Å². The number of aromatic carboxylic acids is 1. The van der Waals surface area contributed by atoms with E-state index in [1.165, 1.54) is 18.5 Å². The van der Waals surface area contributed by atoms with E-state index in [0.717, 1.165) is 0 Å². The second kappa shape index (κ2) is 6.85. The third kappa shape index (κ3) is 5.23. The van der Waals surface area contributed by atoms with E-state index in [0.29, 0.717) is 18.8 Å². The van der Waals surface area contributed by atoms with Gasteiger partial charge in [-0.2, -0.15) is 0 Å². The smallest absolute Gasteiger partial charge is 0.337 e. The molecule has 0 aliphatic carbocycles. The molecule has 0 saturated carbocycles. The minimum Gasteiger partial charge on any atom is -0.478 e. The van der Waals surface area contributed by atoms with Gasteiger partial charge in [0.05, 0.1) is 23.0 Å². The van der Waals surface area contributed by atoms with Crippen LogP contribution in [0.2, 0.25) is 0 Å². The summed E-state index contributed by atoms with van der Waals surface area (Å²) in [5, 5.41) is 14.0. The number of hydrogen-bond acceptors (Lipinski definition) is 4. The van der Waals surface area contributed by atoms with Crippen molar-refractivity contribution in [2.75, 3.05) is 18.5 Å². The number of pyridine rings is 1. The molecule has 0 aliphatic rings. The van der Waals surface area contributed by atoms with Crippen molar-refractivity contribution < 1.29 is 19.4 Å². The average Bonchev–Trinajstić information content (AvgIpc) is 2.37. The van der Waals surface area contributed by atoms with E-state index < -0.39 is 17.6 Å². The van der Waals surface area contributed by atoms with Gasteiger partial charge in [0.15, 0.2) is 0 Å². The highest BCUT2D eigenvalue weighted by molar-refractivity contribution is 5.92. The van der Waals surface area contributed by atoms with Crippen LogP contribution < -0.4 is 10.6 Å². The van der Waals surface area contributed by atoms with Crippen LogP contribution in [0.3, 0.4) is 0 Å². The summed E-state index contributed by atoms with van der Waals surface area (Å²) in [4.78, 5) is 26.2. The maximum atomic E-state index is 11.7. The molecule has 0 aliphatic heterocycles. The number of rotatable bonds is 6. The van der Waals surface area contributed by atoms with E-state index in [4.69, 9.17) is 9.84 Å². The molecule has 110 valence electrons. The number of nitrogens with one attached hydrogen (secondary N) is 2. The summed E-state index contributed by atoms with van der Waals surface area (Å²) in [6.07, 6.45) is 2.59. The van der Waals surface area contributed by atoms with Crippen molar-refractivity contribution in [2.24, 2.45) is 0 Å². The number of ether oxygens (including phenoxy) is 1. The molecular weight excluding hydrogens is 262 g/mol. The molecule has 7 heteroatoms. The Morgan fingerprint density at radius 3 is 2.70 bits per heavy atom. The lowest BCUT2D eigenvalue weighted by Crippen LogP contribution is -2.42. The maximum Gasteiger partial charge on any atom is 0.337 e. The van der Waals surface area contributed by atoms with Crippen LogP contribution in [0.4, 0.5) is 10.5 Å². The highest BCUT2D eigenvalue weighted by Gasteiger charge is 2.18. The van der Waals surface area contributed by atoms with Crippen molar-refractivity contribution in [3.8, 4) is 0 Å². The van der Waals surface area contributed by atoms with E-state index in [9.17, 15) is 9.59 Å². The van der Waals surface area contributed by atoms with Gasteiger partial charge >= 0.3 is 12.0 Å². The monoisotopic (exact) mass is 281 g/mol. The number of carbonyl (C=O) groups excluding carboxylic acids is 1. The predicted octanol–water partition coefficient (Wildman–Crippen LogP) is 1.72. The zero-order chi connectivity index (χ0) is 15.2. The van der Waals surface area contributed by atoms with Crippen LogP contribution in [0, 0.1) is 0 Å². The number of urea groups is 1. The summed E-state index contributed by atoms with van der Waals surface area (Å²) in [5.74, 6) is -1.10. The SMILES string of the molecule is CCOC(C)(C)CNC(=O)Nc1cncc(C(=O)O)c1. The van der Waals surface area contributed by atoms with Gasteiger partial charge < -0.3 is 20.5 Å². The average molecular weight is 281 g/mol. The van der Waals surface area contributed by atoms with Crippen molar-refractivity contribution in [3.63, 3.8) is 0 Å². The quantitative estimate of drug-likeness (QED) is 0.737. The molecule has 0 radical (unpaired) electrons. The number of hydrogen-bond donors (Lipinski definition) is 3. The van der Waals surface area contributed by atoms with Crippen molar-refractivity contribution in [1.29, 1.82) is 0 Å². The molecule has 0 bridgehead atoms. The Kier molecular flexibility index (Phi) is 5.45. The largest absolute Gasteiger partial charge is 0.478 e. The van der Waals surface area contributed by atoms with Crippen LogP contribution in [0.15, 0.2) is 18.5 Å². The van der Waals surface area contributed by atoms with Crippen LogP contribution in [0.5, 0.6) is 0 Å². The van der Waals surface area contributed by atoms with E-state index in [1.807, 2.05) is 20.8 Å². The Labute approximate surface area is 117 Å². The van der Waals surface area contributed by atoms with Gasteiger partial charge in [0.1, 0.15) is 0 Å². The molecule has 0 unspecified atom stereocenters. The number of aromatic nitrogens is 1. The molecule has 3 N–H and O–H groups in total. The summed E-state index contributed by atoms with van der Waals surface area (Å²) < 4.78 is 5.45. The molecule has 0 fully saturated rings. The molecule has 0 saturated heterocycles. The molecule has 1 rings (SSSR count). The van der Waals surface area contributed by atoms with E-state index in [2.05, 4.69) is 15.6 Å². The first-order valence-electron chi connectivity index (χ1n) is 6.21. The number of carbonyl (C=O) groups is 2. The number of anilines is 1. The molecular formula is C13H19N3O4. The molecule has 1 aromatic heterocycles. The van der Waals surface area contributed by atoms with Crippen molar-refractivity contribution in [1.82, 2.24) is 10.3 Å². The lowest BCUT2D eigenvalue weighted by Gasteiger charge is -2.24. The molecule has 0 spiro atoms. The topological polar surface area (TPSA) is 101 Å². The maximum absolute atomic E-state index is 11.7. The summed E-state index contributed by atoms with van der Waals surface area (Å²) in [7, 11) is 0. The molecule has 1 aromatic rings. The predicted molar refractivity (Wildman–Crippen MR) is 73.9 cm³/mol. The van der Waals surface area contributed by atoms with E-state index in [-0.39, 0.29) is 5.56 Å². The fourth-order valence-electron chi connectivity index (χ4n) is 1.54. The van der Waals surface area contributed by atoms with Gasteiger partial charge in [-0.3, -0.25) is 4.98 Å². The minimum atomic E-state index is -1.10. The summed E-state index contributed by atoms with van der Waals surface area (Å²) in [6.45, 7) is 6.50. The first-order valence-corrected chi connectivity index (χ1v) is 6.21. The lowest BCUT2D eigenvalue weighted by atomic mass is 10.1. The zero-order valence-electron chi connectivity index (χ0n) is 11.8. The van der Waals surface area contributed by atoms with Gasteiger partial charge in [-0.15, -0.1) is 0 Å². The van der Waals surface area contributed by atoms with Crippen LogP contribution in [0.25, 0.3) is 0 Å². The van der Waals surface area contributed by atoms with Crippen LogP contribution >= 0.6 is 0 Å². The summed E-state index contributed by atoms with van der Waals surface area (Å²) >= 11 is 0. The Bertz CT molecular complexity index is 488. The Morgan fingerprint density at radius 2 is 2.10 bits per heavy atom. The summed E-state index contributed by atoms with van der Waals surface area (Å²) in [6, 6.07) is 0.893. The third-order valence-corrected chi connectivity index (χ3v) is 2.45. The minimum absolute atomic E-state index is 0.0115. The second-order valence-corrected chi connectivity index (χ2v) is 4.77. The fraction of sp³-hybridized carbons (Fsp3) is 0.462. The number of nitrogens with zero attached hydrogens (tertiary/aromatic N) is 1. The highest BCUT2D eigenvalue weighted by Crippen LogP contribution is 2.09. The van der Waals surface area contributed by atoms with E-state index in [1.54, 1.807) is 0 Å². The van der Waals surface area contributed by atoms with Gasteiger partial charge in [0, 0.05) is 19.3 Å². The molecule has 20 heavy (non-hydrogen) atoms. The first kappa shape index (κ1) is 15.9. The molecule has 7 nitrogen and oxygen atoms in total.